The van der Waals surface area contributed by atoms with E-state index in [0.717, 1.165) is 0 Å². The van der Waals surface area contributed by atoms with Gasteiger partial charge >= 0.3 is 12.1 Å². The third-order valence-corrected chi connectivity index (χ3v) is 2.46. The summed E-state index contributed by atoms with van der Waals surface area (Å²) >= 11 is 0. The Hall–Kier alpha value is -2.08. The maximum Gasteiger partial charge on any atom is 0.407 e. The molecule has 2 unspecified atom stereocenters. The first-order valence-corrected chi connectivity index (χ1v) is 5.84. The molecule has 1 rings (SSSR count). The molecule has 0 aromatic heterocycles. The summed E-state index contributed by atoms with van der Waals surface area (Å²) in [6, 6.07) is 7.31. The van der Waals surface area contributed by atoms with Gasteiger partial charge in [0.15, 0.2) is 6.04 Å². The predicted octanol–water partition coefficient (Wildman–Crippen LogP) is 1.01. The lowest BCUT2D eigenvalue weighted by Gasteiger charge is -2.22. The second-order valence-corrected chi connectivity index (χ2v) is 3.72. The molecule has 2 N–H and O–H groups in total. The van der Waals surface area contributed by atoms with E-state index in [9.17, 15) is 14.7 Å². The second kappa shape index (κ2) is 7.38. The number of carbonyl (C=O) groups excluding carboxylic acids is 2. The van der Waals surface area contributed by atoms with Crippen LogP contribution in [-0.2, 0) is 14.3 Å². The average molecular weight is 267 g/mol. The van der Waals surface area contributed by atoms with Crippen LogP contribution >= 0.6 is 0 Å². The van der Waals surface area contributed by atoms with Crippen molar-refractivity contribution in [2.75, 3.05) is 13.7 Å². The molecule has 0 bridgehead atoms. The Morgan fingerprint density at radius 3 is 2.47 bits per heavy atom. The van der Waals surface area contributed by atoms with Crippen molar-refractivity contribution in [2.45, 2.75) is 19.1 Å². The van der Waals surface area contributed by atoms with E-state index in [1.807, 2.05) is 0 Å². The Balaban J connectivity index is 2.89. The summed E-state index contributed by atoms with van der Waals surface area (Å²) in [5.74, 6) is -0.718. The summed E-state index contributed by atoms with van der Waals surface area (Å²) in [5, 5.41) is 12.4. The first kappa shape index (κ1) is 15.0. The van der Waals surface area contributed by atoms with Gasteiger partial charge in [-0.05, 0) is 12.5 Å². The van der Waals surface area contributed by atoms with Crippen molar-refractivity contribution < 1.29 is 24.2 Å². The minimum absolute atomic E-state index is 0.152. The molecule has 0 aliphatic heterocycles. The van der Waals surface area contributed by atoms with Gasteiger partial charge in [-0.15, -0.1) is 0 Å². The van der Waals surface area contributed by atoms with Gasteiger partial charge < -0.3 is 19.9 Å². The third kappa shape index (κ3) is 4.26. The van der Waals surface area contributed by atoms with Gasteiger partial charge in [0.1, 0.15) is 6.10 Å². The minimum atomic E-state index is -1.21. The van der Waals surface area contributed by atoms with Crippen LogP contribution in [0, 0.1) is 0 Å². The van der Waals surface area contributed by atoms with Crippen molar-refractivity contribution in [2.24, 2.45) is 0 Å². The molecule has 0 saturated carbocycles. The summed E-state index contributed by atoms with van der Waals surface area (Å²) in [5.41, 5.74) is 0.497. The first-order chi connectivity index (χ1) is 9.10. The third-order valence-electron chi connectivity index (χ3n) is 2.46. The van der Waals surface area contributed by atoms with Crippen LogP contribution in [-0.4, -0.2) is 36.9 Å². The van der Waals surface area contributed by atoms with Gasteiger partial charge in [0.05, 0.1) is 13.7 Å². The van der Waals surface area contributed by atoms with Gasteiger partial charge in [0.2, 0.25) is 0 Å². The summed E-state index contributed by atoms with van der Waals surface area (Å²) < 4.78 is 9.25. The second-order valence-electron chi connectivity index (χ2n) is 3.72. The molecule has 1 aromatic carbocycles. The molecule has 1 aromatic rings. The molecule has 1 amide bonds. The number of aliphatic hydroxyl groups excluding tert-OH is 1. The molecule has 0 spiro atoms. The van der Waals surface area contributed by atoms with Gasteiger partial charge in [-0.25, -0.2) is 9.59 Å². The summed E-state index contributed by atoms with van der Waals surface area (Å²) in [7, 11) is 1.17. The Morgan fingerprint density at radius 1 is 1.32 bits per heavy atom. The maximum atomic E-state index is 11.8. The number of rotatable bonds is 5. The molecule has 2 atom stereocenters. The zero-order valence-corrected chi connectivity index (χ0v) is 10.8. The largest absolute Gasteiger partial charge is 0.464 e. The van der Waals surface area contributed by atoms with E-state index in [4.69, 9.17) is 4.74 Å². The van der Waals surface area contributed by atoms with Crippen LogP contribution in [0.25, 0.3) is 0 Å². The van der Waals surface area contributed by atoms with E-state index in [2.05, 4.69) is 10.1 Å². The monoisotopic (exact) mass is 267 g/mol. The standard InChI is InChI=1S/C13H17NO5/c1-3-19-12(16)10(14-13(17)18-2)11(15)9-7-5-4-6-8-9/h4-8,10-11,15H,3H2,1-2H3,(H,14,17). The van der Waals surface area contributed by atoms with Crippen LogP contribution in [0.4, 0.5) is 4.79 Å². The van der Waals surface area contributed by atoms with Crippen LogP contribution in [0.15, 0.2) is 30.3 Å². The van der Waals surface area contributed by atoms with E-state index >= 15 is 0 Å². The van der Waals surface area contributed by atoms with Crippen molar-refractivity contribution in [3.05, 3.63) is 35.9 Å². The van der Waals surface area contributed by atoms with Crippen LogP contribution in [0.3, 0.4) is 0 Å². The maximum absolute atomic E-state index is 11.8. The van der Waals surface area contributed by atoms with Gasteiger partial charge in [0.25, 0.3) is 0 Å². The number of aliphatic hydroxyl groups is 1. The summed E-state index contributed by atoms with van der Waals surface area (Å²) in [6.07, 6.45) is -2.02. The molecule has 104 valence electrons. The molecular formula is C13H17NO5. The molecular weight excluding hydrogens is 250 g/mol. The van der Waals surface area contributed by atoms with Crippen LogP contribution in [0.5, 0.6) is 0 Å². The SMILES string of the molecule is CCOC(=O)C(NC(=O)OC)C(O)c1ccccc1. The van der Waals surface area contributed by atoms with Crippen molar-refractivity contribution >= 4 is 12.1 Å². The number of hydrogen-bond donors (Lipinski definition) is 2. The predicted molar refractivity (Wildman–Crippen MR) is 67.4 cm³/mol. The van der Waals surface area contributed by atoms with Gasteiger partial charge in [-0.3, -0.25) is 0 Å². The zero-order chi connectivity index (χ0) is 14.3. The number of esters is 1. The normalized spacial score (nSPS) is 13.2. The lowest BCUT2D eigenvalue weighted by atomic mass is 10.0. The number of nitrogens with one attached hydrogen (secondary N) is 1. The molecule has 0 radical (unpaired) electrons. The molecule has 6 heteroatoms. The van der Waals surface area contributed by atoms with E-state index in [0.29, 0.717) is 5.56 Å². The lowest BCUT2D eigenvalue weighted by molar-refractivity contribution is -0.148. The highest BCUT2D eigenvalue weighted by atomic mass is 16.5. The molecule has 0 aliphatic rings. The molecule has 0 heterocycles. The molecule has 0 fully saturated rings. The van der Waals surface area contributed by atoms with Gasteiger partial charge in [-0.2, -0.15) is 0 Å². The number of methoxy groups -OCH3 is 1. The van der Waals surface area contributed by atoms with E-state index in [1.165, 1.54) is 7.11 Å². The lowest BCUT2D eigenvalue weighted by Crippen LogP contribution is -2.45. The summed E-state index contributed by atoms with van der Waals surface area (Å²) in [4.78, 5) is 23.0. The first-order valence-electron chi connectivity index (χ1n) is 5.84. The van der Waals surface area contributed by atoms with E-state index in [1.54, 1.807) is 37.3 Å². The van der Waals surface area contributed by atoms with Crippen LogP contribution in [0.2, 0.25) is 0 Å². The Morgan fingerprint density at radius 2 is 1.95 bits per heavy atom. The Labute approximate surface area is 111 Å². The number of amides is 1. The van der Waals surface area contributed by atoms with Crippen molar-refractivity contribution in [3.63, 3.8) is 0 Å². The fourth-order valence-electron chi connectivity index (χ4n) is 1.53. The minimum Gasteiger partial charge on any atom is -0.464 e. The highest BCUT2D eigenvalue weighted by Crippen LogP contribution is 2.17. The van der Waals surface area contributed by atoms with Crippen LogP contribution < -0.4 is 5.32 Å². The number of carbonyl (C=O) groups is 2. The fourth-order valence-corrected chi connectivity index (χ4v) is 1.53. The number of alkyl carbamates (subject to hydrolysis) is 1. The number of ether oxygens (including phenoxy) is 2. The van der Waals surface area contributed by atoms with E-state index < -0.39 is 24.2 Å². The Kier molecular flexibility index (Phi) is 5.81. The van der Waals surface area contributed by atoms with Crippen molar-refractivity contribution in [1.29, 1.82) is 0 Å². The average Bonchev–Trinajstić information content (AvgIpc) is 2.44. The molecule has 0 saturated heterocycles. The van der Waals surface area contributed by atoms with Gasteiger partial charge in [0, 0.05) is 0 Å². The molecule has 0 aliphatic carbocycles. The summed E-state index contributed by atoms with van der Waals surface area (Å²) in [6.45, 7) is 1.79. The van der Waals surface area contributed by atoms with Crippen LogP contribution in [0.1, 0.15) is 18.6 Å². The highest BCUT2D eigenvalue weighted by Gasteiger charge is 2.31. The zero-order valence-electron chi connectivity index (χ0n) is 10.8. The quantitative estimate of drug-likeness (QED) is 0.778. The molecule has 6 nitrogen and oxygen atoms in total. The topological polar surface area (TPSA) is 84.9 Å². The highest BCUT2D eigenvalue weighted by molar-refractivity contribution is 5.82. The van der Waals surface area contributed by atoms with E-state index in [-0.39, 0.29) is 6.61 Å². The Bertz CT molecular complexity index is 420. The molecule has 19 heavy (non-hydrogen) atoms. The number of benzene rings is 1. The van der Waals surface area contributed by atoms with Crippen molar-refractivity contribution in [1.82, 2.24) is 5.32 Å². The smallest absolute Gasteiger partial charge is 0.407 e. The van der Waals surface area contributed by atoms with Crippen molar-refractivity contribution in [3.8, 4) is 0 Å². The number of hydrogen-bond acceptors (Lipinski definition) is 5. The fraction of sp³-hybridized carbons (Fsp3) is 0.385. The van der Waals surface area contributed by atoms with Gasteiger partial charge in [-0.1, -0.05) is 30.3 Å².